The van der Waals surface area contributed by atoms with Gasteiger partial charge in [-0.15, -0.1) is 0 Å². The summed E-state index contributed by atoms with van der Waals surface area (Å²) < 4.78 is 11.4. The maximum absolute atomic E-state index is 6.33. The highest BCUT2D eigenvalue weighted by atomic mass is 35.5. The van der Waals surface area contributed by atoms with Gasteiger partial charge in [0.1, 0.15) is 18.0 Å². The van der Waals surface area contributed by atoms with Crippen molar-refractivity contribution in [2.45, 2.75) is 13.0 Å². The van der Waals surface area contributed by atoms with Gasteiger partial charge in [0.2, 0.25) is 0 Å². The standard InChI is InChI=1S/C17H16ClN5O2/c18-12-6-10(7-13-15(12)25-5-1-4-24-13)8-20-16-11-2-3-14(19)23-17(11)22-9-21-16/h2-3,6-7,9H,1,4-5,8H2,(H3,19,20,21,22,23). The zero-order valence-electron chi connectivity index (χ0n) is 13.3. The second-order valence-corrected chi connectivity index (χ2v) is 6.05. The Hall–Kier alpha value is -2.80. The largest absolute Gasteiger partial charge is 0.489 e. The maximum Gasteiger partial charge on any atom is 0.179 e. The fourth-order valence-electron chi connectivity index (χ4n) is 2.67. The number of hydrogen-bond acceptors (Lipinski definition) is 7. The molecule has 0 amide bonds. The molecule has 0 bridgehead atoms. The Kier molecular flexibility index (Phi) is 4.15. The summed E-state index contributed by atoms with van der Waals surface area (Å²) in [6, 6.07) is 7.36. The first-order chi connectivity index (χ1) is 12.2. The molecule has 3 N–H and O–H groups in total. The smallest absolute Gasteiger partial charge is 0.179 e. The second-order valence-electron chi connectivity index (χ2n) is 5.64. The summed E-state index contributed by atoms with van der Waals surface area (Å²) in [4.78, 5) is 12.6. The molecule has 0 atom stereocenters. The molecular formula is C17H16ClN5O2. The molecule has 8 heteroatoms. The number of nitrogens with two attached hydrogens (primary N) is 1. The number of nitrogens with one attached hydrogen (secondary N) is 1. The van der Waals surface area contributed by atoms with Gasteiger partial charge in [-0.25, -0.2) is 15.0 Å². The molecule has 0 radical (unpaired) electrons. The predicted octanol–water partition coefficient (Wildman–Crippen LogP) is 3.03. The van der Waals surface area contributed by atoms with Crippen LogP contribution in [0.3, 0.4) is 0 Å². The van der Waals surface area contributed by atoms with Crippen molar-refractivity contribution >= 4 is 34.3 Å². The molecule has 0 aliphatic carbocycles. The van der Waals surface area contributed by atoms with Crippen LogP contribution < -0.4 is 20.5 Å². The van der Waals surface area contributed by atoms with Crippen LogP contribution in [0.25, 0.3) is 11.0 Å². The number of fused-ring (bicyclic) bond motifs is 2. The van der Waals surface area contributed by atoms with Crippen LogP contribution in [0.1, 0.15) is 12.0 Å². The van der Waals surface area contributed by atoms with Crippen LogP contribution >= 0.6 is 11.6 Å². The highest BCUT2D eigenvalue weighted by molar-refractivity contribution is 6.32. The molecule has 3 heterocycles. The van der Waals surface area contributed by atoms with Gasteiger partial charge < -0.3 is 20.5 Å². The van der Waals surface area contributed by atoms with Crippen molar-refractivity contribution in [2.75, 3.05) is 24.3 Å². The molecule has 1 aliphatic rings. The minimum atomic E-state index is 0.423. The van der Waals surface area contributed by atoms with E-state index >= 15 is 0 Å². The summed E-state index contributed by atoms with van der Waals surface area (Å²) >= 11 is 6.33. The van der Waals surface area contributed by atoms with Gasteiger partial charge in [0.15, 0.2) is 17.1 Å². The second kappa shape index (κ2) is 6.60. The Balaban J connectivity index is 1.60. The lowest BCUT2D eigenvalue weighted by atomic mass is 10.2. The van der Waals surface area contributed by atoms with E-state index in [1.54, 1.807) is 6.07 Å². The van der Waals surface area contributed by atoms with Crippen molar-refractivity contribution in [3.63, 3.8) is 0 Å². The molecule has 3 aromatic rings. The van der Waals surface area contributed by atoms with E-state index in [-0.39, 0.29) is 0 Å². The normalized spacial score (nSPS) is 13.5. The Morgan fingerprint density at radius 2 is 2.04 bits per heavy atom. The summed E-state index contributed by atoms with van der Waals surface area (Å²) in [6.07, 6.45) is 2.29. The number of benzene rings is 1. The topological polar surface area (TPSA) is 95.2 Å². The predicted molar refractivity (Wildman–Crippen MR) is 96.1 cm³/mol. The average Bonchev–Trinajstić information content (AvgIpc) is 2.85. The van der Waals surface area contributed by atoms with E-state index in [0.717, 1.165) is 17.4 Å². The zero-order valence-corrected chi connectivity index (χ0v) is 14.1. The Morgan fingerprint density at radius 1 is 1.16 bits per heavy atom. The SMILES string of the molecule is Nc1ccc2c(NCc3cc(Cl)c4c(c3)OCCCO4)ncnc2n1. The summed E-state index contributed by atoms with van der Waals surface area (Å²) in [5.41, 5.74) is 7.21. The van der Waals surface area contributed by atoms with Crippen molar-refractivity contribution in [3.05, 3.63) is 41.2 Å². The fourth-order valence-corrected chi connectivity index (χ4v) is 2.96. The van der Waals surface area contributed by atoms with Gasteiger partial charge in [-0.05, 0) is 29.8 Å². The van der Waals surface area contributed by atoms with Gasteiger partial charge in [-0.1, -0.05) is 11.6 Å². The number of anilines is 2. The molecule has 0 fully saturated rings. The lowest BCUT2D eigenvalue weighted by Crippen LogP contribution is -2.04. The van der Waals surface area contributed by atoms with Crippen molar-refractivity contribution in [1.82, 2.24) is 15.0 Å². The minimum Gasteiger partial charge on any atom is -0.489 e. The number of pyridine rings is 1. The number of halogens is 1. The first kappa shape index (κ1) is 15.7. The van der Waals surface area contributed by atoms with E-state index in [1.807, 2.05) is 18.2 Å². The number of nitrogen functional groups attached to an aromatic ring is 1. The zero-order chi connectivity index (χ0) is 17.2. The van der Waals surface area contributed by atoms with Crippen LogP contribution in [-0.2, 0) is 6.54 Å². The molecule has 0 saturated carbocycles. The fraction of sp³-hybridized carbons (Fsp3) is 0.235. The summed E-state index contributed by atoms with van der Waals surface area (Å²) in [5.74, 6) is 2.38. The quantitative estimate of drug-likeness (QED) is 0.743. The monoisotopic (exact) mass is 357 g/mol. The van der Waals surface area contributed by atoms with Crippen LogP contribution in [-0.4, -0.2) is 28.2 Å². The molecule has 128 valence electrons. The first-order valence-corrected chi connectivity index (χ1v) is 8.27. The Bertz CT molecular complexity index is 934. The van der Waals surface area contributed by atoms with Crippen LogP contribution in [0.15, 0.2) is 30.6 Å². The van der Waals surface area contributed by atoms with Crippen molar-refractivity contribution in [2.24, 2.45) is 0 Å². The van der Waals surface area contributed by atoms with Gasteiger partial charge in [-0.3, -0.25) is 0 Å². The molecule has 0 spiro atoms. The lowest BCUT2D eigenvalue weighted by Gasteiger charge is -2.13. The van der Waals surface area contributed by atoms with Crippen LogP contribution in [0.4, 0.5) is 11.6 Å². The van der Waals surface area contributed by atoms with Crippen molar-refractivity contribution < 1.29 is 9.47 Å². The Labute approximate surface area is 149 Å². The van der Waals surface area contributed by atoms with Gasteiger partial charge in [0.25, 0.3) is 0 Å². The van der Waals surface area contributed by atoms with Crippen molar-refractivity contribution in [1.29, 1.82) is 0 Å². The molecule has 0 unspecified atom stereocenters. The number of rotatable bonds is 3. The molecule has 7 nitrogen and oxygen atoms in total. The van der Waals surface area contributed by atoms with Crippen LogP contribution in [0, 0.1) is 0 Å². The van der Waals surface area contributed by atoms with Gasteiger partial charge >= 0.3 is 0 Å². The minimum absolute atomic E-state index is 0.423. The summed E-state index contributed by atoms with van der Waals surface area (Å²) in [7, 11) is 0. The number of hydrogen-bond donors (Lipinski definition) is 2. The molecule has 2 aromatic heterocycles. The van der Waals surface area contributed by atoms with Crippen LogP contribution in [0.5, 0.6) is 11.5 Å². The highest BCUT2D eigenvalue weighted by Gasteiger charge is 2.16. The third kappa shape index (κ3) is 3.23. The van der Waals surface area contributed by atoms with E-state index in [2.05, 4.69) is 20.3 Å². The molecule has 1 aliphatic heterocycles. The number of nitrogens with zero attached hydrogens (tertiary/aromatic N) is 3. The summed E-state index contributed by atoms with van der Waals surface area (Å²) in [6.45, 7) is 1.74. The van der Waals surface area contributed by atoms with E-state index in [1.165, 1.54) is 6.33 Å². The van der Waals surface area contributed by atoms with E-state index in [0.29, 0.717) is 53.6 Å². The molecule has 1 aromatic carbocycles. The van der Waals surface area contributed by atoms with E-state index < -0.39 is 0 Å². The highest BCUT2D eigenvalue weighted by Crippen LogP contribution is 2.38. The van der Waals surface area contributed by atoms with Crippen molar-refractivity contribution in [3.8, 4) is 11.5 Å². The van der Waals surface area contributed by atoms with E-state index in [9.17, 15) is 0 Å². The average molecular weight is 358 g/mol. The van der Waals surface area contributed by atoms with Gasteiger partial charge in [0.05, 0.1) is 23.6 Å². The first-order valence-electron chi connectivity index (χ1n) is 7.90. The summed E-state index contributed by atoms with van der Waals surface area (Å²) in [5, 5.41) is 4.63. The molecule has 25 heavy (non-hydrogen) atoms. The molecule has 0 saturated heterocycles. The van der Waals surface area contributed by atoms with Gasteiger partial charge in [0, 0.05) is 13.0 Å². The van der Waals surface area contributed by atoms with Crippen LogP contribution in [0.2, 0.25) is 5.02 Å². The molecular weight excluding hydrogens is 342 g/mol. The third-order valence-electron chi connectivity index (χ3n) is 3.84. The maximum atomic E-state index is 6.33. The third-order valence-corrected chi connectivity index (χ3v) is 4.12. The molecule has 4 rings (SSSR count). The number of ether oxygens (including phenoxy) is 2. The van der Waals surface area contributed by atoms with Gasteiger partial charge in [-0.2, -0.15) is 0 Å². The van der Waals surface area contributed by atoms with E-state index in [4.69, 9.17) is 26.8 Å². The Morgan fingerprint density at radius 3 is 2.96 bits per heavy atom. The lowest BCUT2D eigenvalue weighted by molar-refractivity contribution is 0.297. The number of aromatic nitrogens is 3.